The third-order valence-electron chi connectivity index (χ3n) is 2.53. The molecule has 0 aliphatic heterocycles. The first kappa shape index (κ1) is 17.3. The van der Waals surface area contributed by atoms with Crippen molar-refractivity contribution in [1.29, 1.82) is 0 Å². The van der Waals surface area contributed by atoms with E-state index in [1.165, 1.54) is 6.92 Å². The van der Waals surface area contributed by atoms with Crippen molar-refractivity contribution in [2.24, 2.45) is 0 Å². The van der Waals surface area contributed by atoms with Crippen molar-refractivity contribution in [3.05, 3.63) is 29.8 Å². The highest BCUT2D eigenvalue weighted by atomic mass is 16.5. The maximum Gasteiger partial charge on any atom is 0.155 e. The Morgan fingerprint density at radius 1 is 0.952 bits per heavy atom. The number of hydrogen-bond donors (Lipinski definition) is 0. The van der Waals surface area contributed by atoms with Gasteiger partial charge in [-0.2, -0.15) is 0 Å². The average molecular weight is 294 g/mol. The summed E-state index contributed by atoms with van der Waals surface area (Å²) in [5, 5.41) is 0. The van der Waals surface area contributed by atoms with Gasteiger partial charge in [-0.15, -0.1) is 0 Å². The van der Waals surface area contributed by atoms with Crippen molar-refractivity contribution in [3.63, 3.8) is 0 Å². The van der Waals surface area contributed by atoms with Crippen LogP contribution in [0.4, 0.5) is 0 Å². The van der Waals surface area contributed by atoms with Gasteiger partial charge < -0.3 is 14.2 Å². The number of hydrogen-bond acceptors (Lipinski definition) is 5. The van der Waals surface area contributed by atoms with E-state index < -0.39 is 0 Å². The second-order valence-electron chi connectivity index (χ2n) is 4.74. The van der Waals surface area contributed by atoms with Gasteiger partial charge >= 0.3 is 0 Å². The number of ether oxygens (including phenoxy) is 3. The molecule has 0 bridgehead atoms. The van der Waals surface area contributed by atoms with Gasteiger partial charge in [0.25, 0.3) is 0 Å². The molecule has 0 saturated carbocycles. The molecule has 0 unspecified atom stereocenters. The minimum Gasteiger partial charge on any atom is -0.491 e. The number of carbonyl (C=O) groups excluding carboxylic acids is 2. The van der Waals surface area contributed by atoms with Gasteiger partial charge in [0.2, 0.25) is 0 Å². The first-order valence-electron chi connectivity index (χ1n) is 6.94. The lowest BCUT2D eigenvalue weighted by Crippen LogP contribution is -2.13. The minimum atomic E-state index is 0.00350. The molecule has 0 N–H and O–H groups in total. The lowest BCUT2D eigenvalue weighted by Gasteiger charge is -2.08. The highest BCUT2D eigenvalue weighted by Crippen LogP contribution is 2.13. The molecule has 0 aliphatic rings. The van der Waals surface area contributed by atoms with Crippen LogP contribution in [0, 0.1) is 0 Å². The summed E-state index contributed by atoms with van der Waals surface area (Å²) >= 11 is 0. The van der Waals surface area contributed by atoms with E-state index in [4.69, 9.17) is 14.2 Å². The van der Waals surface area contributed by atoms with Crippen LogP contribution in [0.25, 0.3) is 0 Å². The number of ketones is 2. The van der Waals surface area contributed by atoms with E-state index in [0.717, 1.165) is 11.3 Å². The fourth-order valence-electron chi connectivity index (χ4n) is 1.69. The highest BCUT2D eigenvalue weighted by Gasteiger charge is 2.00. The van der Waals surface area contributed by atoms with Gasteiger partial charge in [0.05, 0.1) is 19.8 Å². The largest absolute Gasteiger partial charge is 0.491 e. The molecular formula is C16H22O5. The molecule has 0 heterocycles. The van der Waals surface area contributed by atoms with Crippen LogP contribution in [0.1, 0.15) is 19.4 Å². The van der Waals surface area contributed by atoms with Gasteiger partial charge in [-0.3, -0.25) is 9.59 Å². The van der Waals surface area contributed by atoms with Gasteiger partial charge in [0.15, 0.2) is 5.78 Å². The molecule has 5 heteroatoms. The molecule has 0 aliphatic carbocycles. The standard InChI is InChI=1S/C16H22O5/c1-13(17)10-15-4-3-5-16(11-15)21-9-8-19-6-7-20-12-14(2)18/h3-5,11H,6-10,12H2,1-2H3. The third-order valence-corrected chi connectivity index (χ3v) is 2.53. The summed E-state index contributed by atoms with van der Waals surface area (Å²) in [6.07, 6.45) is 0.418. The van der Waals surface area contributed by atoms with Crippen molar-refractivity contribution < 1.29 is 23.8 Å². The summed E-state index contributed by atoms with van der Waals surface area (Å²) in [6, 6.07) is 7.47. The van der Waals surface area contributed by atoms with Crippen LogP contribution in [0.5, 0.6) is 5.75 Å². The second kappa shape index (κ2) is 10.1. The Morgan fingerprint density at radius 3 is 2.38 bits per heavy atom. The summed E-state index contributed by atoms with van der Waals surface area (Å²) in [4.78, 5) is 21.7. The van der Waals surface area contributed by atoms with Crippen molar-refractivity contribution in [1.82, 2.24) is 0 Å². The molecule has 116 valence electrons. The zero-order valence-corrected chi connectivity index (χ0v) is 12.6. The summed E-state index contributed by atoms with van der Waals surface area (Å²) in [5.41, 5.74) is 0.943. The van der Waals surface area contributed by atoms with Gasteiger partial charge in [0, 0.05) is 6.42 Å². The van der Waals surface area contributed by atoms with E-state index in [2.05, 4.69) is 0 Å². The third kappa shape index (κ3) is 8.94. The Balaban J connectivity index is 2.12. The molecule has 0 amide bonds. The Morgan fingerprint density at radius 2 is 1.67 bits per heavy atom. The van der Waals surface area contributed by atoms with Crippen molar-refractivity contribution in [2.75, 3.05) is 33.0 Å². The first-order chi connectivity index (χ1) is 10.1. The fourth-order valence-corrected chi connectivity index (χ4v) is 1.69. The Labute approximate surface area is 125 Å². The average Bonchev–Trinajstić information content (AvgIpc) is 2.41. The van der Waals surface area contributed by atoms with Crippen LogP contribution in [0.15, 0.2) is 24.3 Å². The summed E-state index contributed by atoms with van der Waals surface area (Å²) in [6.45, 7) is 4.87. The van der Waals surface area contributed by atoms with E-state index in [0.29, 0.717) is 32.8 Å². The van der Waals surface area contributed by atoms with Crippen molar-refractivity contribution >= 4 is 11.6 Å². The van der Waals surface area contributed by atoms with Crippen LogP contribution in [-0.2, 0) is 25.5 Å². The Bertz CT molecular complexity index is 456. The van der Waals surface area contributed by atoms with Crippen LogP contribution < -0.4 is 4.74 Å². The monoisotopic (exact) mass is 294 g/mol. The molecule has 21 heavy (non-hydrogen) atoms. The van der Waals surface area contributed by atoms with E-state index in [-0.39, 0.29) is 18.2 Å². The first-order valence-corrected chi connectivity index (χ1v) is 6.94. The van der Waals surface area contributed by atoms with Crippen molar-refractivity contribution in [3.8, 4) is 5.75 Å². The SMILES string of the molecule is CC(=O)COCCOCCOc1cccc(CC(C)=O)c1. The zero-order chi connectivity index (χ0) is 15.5. The van der Waals surface area contributed by atoms with Gasteiger partial charge in [-0.05, 0) is 31.5 Å². The van der Waals surface area contributed by atoms with E-state index >= 15 is 0 Å². The topological polar surface area (TPSA) is 61.8 Å². The molecule has 1 rings (SSSR count). The predicted molar refractivity (Wildman–Crippen MR) is 78.6 cm³/mol. The molecule has 0 spiro atoms. The summed E-state index contributed by atoms with van der Waals surface area (Å²) < 4.78 is 15.9. The number of rotatable bonds is 11. The van der Waals surface area contributed by atoms with E-state index in [1.807, 2.05) is 24.3 Å². The molecule has 0 saturated heterocycles. The Hall–Kier alpha value is -1.72. The lowest BCUT2D eigenvalue weighted by atomic mass is 10.1. The minimum absolute atomic E-state index is 0.00350. The van der Waals surface area contributed by atoms with Crippen LogP contribution in [-0.4, -0.2) is 44.6 Å². The smallest absolute Gasteiger partial charge is 0.155 e. The molecule has 1 aromatic rings. The molecule has 0 fully saturated rings. The molecule has 0 aromatic heterocycles. The quantitative estimate of drug-likeness (QED) is 0.583. The normalized spacial score (nSPS) is 10.4. The number of benzene rings is 1. The van der Waals surface area contributed by atoms with Gasteiger partial charge in [0.1, 0.15) is 24.7 Å². The molecule has 5 nitrogen and oxygen atoms in total. The lowest BCUT2D eigenvalue weighted by molar-refractivity contribution is -0.122. The van der Waals surface area contributed by atoms with Crippen LogP contribution >= 0.6 is 0 Å². The zero-order valence-electron chi connectivity index (χ0n) is 12.6. The second-order valence-corrected chi connectivity index (χ2v) is 4.74. The van der Waals surface area contributed by atoms with Crippen LogP contribution in [0.3, 0.4) is 0 Å². The maximum absolute atomic E-state index is 11.1. The van der Waals surface area contributed by atoms with E-state index in [9.17, 15) is 9.59 Å². The van der Waals surface area contributed by atoms with Gasteiger partial charge in [-0.25, -0.2) is 0 Å². The fraction of sp³-hybridized carbons (Fsp3) is 0.500. The molecular weight excluding hydrogens is 272 g/mol. The summed E-state index contributed by atoms with van der Waals surface area (Å²) in [5.74, 6) is 0.856. The van der Waals surface area contributed by atoms with E-state index in [1.54, 1.807) is 6.92 Å². The molecule has 0 atom stereocenters. The highest BCUT2D eigenvalue weighted by molar-refractivity contribution is 5.78. The molecule has 1 aromatic carbocycles. The van der Waals surface area contributed by atoms with Crippen molar-refractivity contribution in [2.45, 2.75) is 20.3 Å². The van der Waals surface area contributed by atoms with Crippen LogP contribution in [0.2, 0.25) is 0 Å². The predicted octanol–water partition coefficient (Wildman–Crippen LogP) is 1.82. The molecule has 0 radical (unpaired) electrons. The summed E-state index contributed by atoms with van der Waals surface area (Å²) in [7, 11) is 0. The number of carbonyl (C=O) groups is 2. The maximum atomic E-state index is 11.1. The Kier molecular flexibility index (Phi) is 8.31. The number of Topliss-reactive ketones (excluding diaryl/α,β-unsaturated/α-hetero) is 2. The van der Waals surface area contributed by atoms with Gasteiger partial charge in [-0.1, -0.05) is 12.1 Å².